The van der Waals surface area contributed by atoms with Crippen molar-refractivity contribution in [2.75, 3.05) is 14.2 Å². The number of amides is 1. The van der Waals surface area contributed by atoms with E-state index in [2.05, 4.69) is 10.9 Å². The molecule has 0 saturated carbocycles. The average molecular weight is 299 g/mol. The van der Waals surface area contributed by atoms with Crippen LogP contribution in [0, 0.1) is 0 Å². The van der Waals surface area contributed by atoms with Crippen LogP contribution in [0.4, 0.5) is 0 Å². The highest BCUT2D eigenvalue weighted by Gasteiger charge is 2.13. The molecule has 5 heteroatoms. The third-order valence-corrected chi connectivity index (χ3v) is 3.42. The summed E-state index contributed by atoms with van der Waals surface area (Å²) >= 11 is 0. The predicted molar refractivity (Wildman–Crippen MR) is 86.6 cm³/mol. The maximum absolute atomic E-state index is 11.8. The molecular formula is C17H21N3O2. The fourth-order valence-electron chi connectivity index (χ4n) is 2.36. The monoisotopic (exact) mass is 299 g/mol. The maximum Gasteiger partial charge on any atom is 0.265 e. The molecule has 0 bridgehead atoms. The van der Waals surface area contributed by atoms with Crippen molar-refractivity contribution in [2.24, 2.45) is 5.73 Å². The van der Waals surface area contributed by atoms with E-state index in [1.54, 1.807) is 20.2 Å². The minimum atomic E-state index is -0.196. The van der Waals surface area contributed by atoms with E-state index in [1.807, 2.05) is 42.5 Å². The Hall–Kier alpha value is -2.37. The number of hydrazine groups is 1. The van der Waals surface area contributed by atoms with Crippen LogP contribution in [0.3, 0.4) is 0 Å². The maximum atomic E-state index is 11.8. The largest absolute Gasteiger partial charge is 0.496 e. The molecule has 0 aliphatic heterocycles. The van der Waals surface area contributed by atoms with Gasteiger partial charge in [0.1, 0.15) is 5.75 Å². The van der Waals surface area contributed by atoms with Crippen LogP contribution in [0.15, 0.2) is 48.5 Å². The molecule has 1 atom stereocenters. The first-order valence-corrected chi connectivity index (χ1v) is 7.10. The van der Waals surface area contributed by atoms with E-state index in [1.165, 1.54) is 0 Å². The number of rotatable bonds is 6. The molecule has 2 rings (SSSR count). The molecule has 22 heavy (non-hydrogen) atoms. The Morgan fingerprint density at radius 1 is 1.23 bits per heavy atom. The summed E-state index contributed by atoms with van der Waals surface area (Å²) in [5.74, 6) is 0.606. The van der Waals surface area contributed by atoms with Crippen molar-refractivity contribution in [3.63, 3.8) is 0 Å². The number of carbonyl (C=O) groups excluding carboxylic acids is 1. The molecule has 0 heterocycles. The first-order valence-electron chi connectivity index (χ1n) is 7.10. The zero-order chi connectivity index (χ0) is 15.9. The normalized spacial score (nSPS) is 11.8. The lowest BCUT2D eigenvalue weighted by atomic mass is 9.97. The van der Waals surface area contributed by atoms with Gasteiger partial charge in [0.25, 0.3) is 5.91 Å². The Balaban J connectivity index is 2.16. The molecule has 5 nitrogen and oxygen atoms in total. The van der Waals surface area contributed by atoms with Gasteiger partial charge in [-0.3, -0.25) is 10.2 Å². The first kappa shape index (κ1) is 16.0. The van der Waals surface area contributed by atoms with Crippen molar-refractivity contribution >= 4 is 5.91 Å². The number of carbonyl (C=O) groups is 1. The number of para-hydroxylation sites is 1. The molecule has 1 unspecified atom stereocenters. The summed E-state index contributed by atoms with van der Waals surface area (Å²) in [6, 6.07) is 14.9. The molecule has 0 saturated heterocycles. The van der Waals surface area contributed by atoms with Crippen LogP contribution in [-0.4, -0.2) is 20.1 Å². The summed E-state index contributed by atoms with van der Waals surface area (Å²) in [7, 11) is 3.29. The van der Waals surface area contributed by atoms with Crippen LogP contribution in [0.25, 0.3) is 0 Å². The third kappa shape index (κ3) is 3.84. The van der Waals surface area contributed by atoms with E-state index >= 15 is 0 Å². The van der Waals surface area contributed by atoms with Gasteiger partial charge in [-0.05, 0) is 30.2 Å². The first-order chi connectivity index (χ1) is 10.7. The standard InChI is InChI=1S/C17H21N3O2/c1-19-20-17(21)13-7-5-6-12(10-13)11-15(18)14-8-3-4-9-16(14)22-2/h3-10,15,19H,11,18H2,1-2H3,(H,20,21). The Bertz CT molecular complexity index is 643. The van der Waals surface area contributed by atoms with Gasteiger partial charge in [-0.2, -0.15) is 0 Å². The van der Waals surface area contributed by atoms with Gasteiger partial charge < -0.3 is 10.5 Å². The number of nitrogens with one attached hydrogen (secondary N) is 2. The van der Waals surface area contributed by atoms with Gasteiger partial charge >= 0.3 is 0 Å². The molecule has 4 N–H and O–H groups in total. The topological polar surface area (TPSA) is 76.4 Å². The van der Waals surface area contributed by atoms with Gasteiger partial charge in [0.15, 0.2) is 0 Å². The second kappa shape index (κ2) is 7.59. The minimum Gasteiger partial charge on any atom is -0.496 e. The Morgan fingerprint density at radius 2 is 2.00 bits per heavy atom. The van der Waals surface area contributed by atoms with E-state index < -0.39 is 0 Å². The van der Waals surface area contributed by atoms with Crippen LogP contribution in [0.5, 0.6) is 5.75 Å². The quantitative estimate of drug-likeness (QED) is 0.711. The van der Waals surface area contributed by atoms with Crippen LogP contribution >= 0.6 is 0 Å². The van der Waals surface area contributed by atoms with Gasteiger partial charge in [-0.25, -0.2) is 5.43 Å². The van der Waals surface area contributed by atoms with Crippen LogP contribution in [0.2, 0.25) is 0 Å². The van der Waals surface area contributed by atoms with Crippen molar-refractivity contribution in [1.82, 2.24) is 10.9 Å². The highest BCUT2D eigenvalue weighted by molar-refractivity contribution is 5.93. The van der Waals surface area contributed by atoms with Crippen molar-refractivity contribution < 1.29 is 9.53 Å². The number of benzene rings is 2. The number of nitrogens with two attached hydrogens (primary N) is 1. The molecular weight excluding hydrogens is 278 g/mol. The molecule has 0 aliphatic rings. The van der Waals surface area contributed by atoms with Gasteiger partial charge in [0.2, 0.25) is 0 Å². The summed E-state index contributed by atoms with van der Waals surface area (Å²) in [6.07, 6.45) is 0.626. The van der Waals surface area contributed by atoms with Crippen molar-refractivity contribution in [2.45, 2.75) is 12.5 Å². The Kier molecular flexibility index (Phi) is 5.52. The highest BCUT2D eigenvalue weighted by atomic mass is 16.5. The number of hydrogen-bond acceptors (Lipinski definition) is 4. The number of hydrogen-bond donors (Lipinski definition) is 3. The molecule has 0 aromatic heterocycles. The van der Waals surface area contributed by atoms with E-state index in [4.69, 9.17) is 10.5 Å². The SMILES string of the molecule is CNNC(=O)c1cccc(CC(N)c2ccccc2OC)c1. The van der Waals surface area contributed by atoms with Gasteiger partial charge in [0.05, 0.1) is 7.11 Å². The van der Waals surface area contributed by atoms with Crippen molar-refractivity contribution in [3.05, 3.63) is 65.2 Å². The third-order valence-electron chi connectivity index (χ3n) is 3.42. The van der Waals surface area contributed by atoms with Crippen molar-refractivity contribution in [1.29, 1.82) is 0 Å². The molecule has 0 radical (unpaired) electrons. The summed E-state index contributed by atoms with van der Waals surface area (Å²) in [5.41, 5.74) is 14.0. The average Bonchev–Trinajstić information content (AvgIpc) is 2.55. The second-order valence-electron chi connectivity index (χ2n) is 4.96. The lowest BCUT2D eigenvalue weighted by molar-refractivity contribution is 0.0938. The van der Waals surface area contributed by atoms with Crippen LogP contribution in [-0.2, 0) is 6.42 Å². The molecule has 0 fully saturated rings. The smallest absolute Gasteiger partial charge is 0.265 e. The zero-order valence-electron chi connectivity index (χ0n) is 12.8. The fourth-order valence-corrected chi connectivity index (χ4v) is 2.36. The summed E-state index contributed by atoms with van der Waals surface area (Å²) in [4.78, 5) is 11.8. The van der Waals surface area contributed by atoms with Gasteiger partial charge in [-0.15, -0.1) is 0 Å². The zero-order valence-corrected chi connectivity index (χ0v) is 12.8. The highest BCUT2D eigenvalue weighted by Crippen LogP contribution is 2.25. The molecule has 1 amide bonds. The Labute approximate surface area is 130 Å². The molecule has 2 aromatic carbocycles. The summed E-state index contributed by atoms with van der Waals surface area (Å²) in [5, 5.41) is 0. The predicted octanol–water partition coefficient (Wildman–Crippen LogP) is 1.80. The number of methoxy groups -OCH3 is 1. The second-order valence-corrected chi connectivity index (χ2v) is 4.96. The molecule has 0 spiro atoms. The molecule has 2 aromatic rings. The van der Waals surface area contributed by atoms with Gasteiger partial charge in [-0.1, -0.05) is 30.3 Å². The Morgan fingerprint density at radius 3 is 2.73 bits per heavy atom. The van der Waals surface area contributed by atoms with E-state index in [-0.39, 0.29) is 11.9 Å². The van der Waals surface area contributed by atoms with E-state index in [0.29, 0.717) is 12.0 Å². The van der Waals surface area contributed by atoms with E-state index in [0.717, 1.165) is 16.9 Å². The molecule has 116 valence electrons. The van der Waals surface area contributed by atoms with Crippen LogP contribution < -0.4 is 21.3 Å². The number of ether oxygens (including phenoxy) is 1. The lowest BCUT2D eigenvalue weighted by Gasteiger charge is -2.16. The fraction of sp³-hybridized carbons (Fsp3) is 0.235. The summed E-state index contributed by atoms with van der Waals surface area (Å²) < 4.78 is 5.35. The van der Waals surface area contributed by atoms with Crippen molar-refractivity contribution in [3.8, 4) is 5.75 Å². The summed E-state index contributed by atoms with van der Waals surface area (Å²) in [6.45, 7) is 0. The minimum absolute atomic E-state index is 0.171. The molecule has 0 aliphatic carbocycles. The lowest BCUT2D eigenvalue weighted by Crippen LogP contribution is -2.34. The van der Waals surface area contributed by atoms with Crippen LogP contribution in [0.1, 0.15) is 27.5 Å². The van der Waals surface area contributed by atoms with E-state index in [9.17, 15) is 4.79 Å². The van der Waals surface area contributed by atoms with Gasteiger partial charge in [0, 0.05) is 24.2 Å².